The standard InChI is InChI=1S/C10H19NO/c1-7(6-12)11-10-5-8-2-3-9(10)4-8/h7-12H,2-6H2,1H3/t7-,8?,9?,10?/m0/s1. The summed E-state index contributed by atoms with van der Waals surface area (Å²) in [5.41, 5.74) is 0. The molecule has 0 saturated heterocycles. The molecule has 0 spiro atoms. The van der Waals surface area contributed by atoms with E-state index in [4.69, 9.17) is 5.11 Å². The van der Waals surface area contributed by atoms with Gasteiger partial charge >= 0.3 is 0 Å². The van der Waals surface area contributed by atoms with Gasteiger partial charge in [-0.25, -0.2) is 0 Å². The summed E-state index contributed by atoms with van der Waals surface area (Å²) in [6, 6.07) is 1.00. The minimum atomic E-state index is 0.272. The minimum absolute atomic E-state index is 0.272. The van der Waals surface area contributed by atoms with Gasteiger partial charge in [0.25, 0.3) is 0 Å². The number of rotatable bonds is 3. The monoisotopic (exact) mass is 169 g/mol. The molecule has 2 fully saturated rings. The van der Waals surface area contributed by atoms with Crippen molar-refractivity contribution < 1.29 is 5.11 Å². The fourth-order valence-electron chi connectivity index (χ4n) is 2.87. The van der Waals surface area contributed by atoms with Crippen molar-refractivity contribution in [2.75, 3.05) is 6.61 Å². The molecule has 2 heteroatoms. The van der Waals surface area contributed by atoms with Crippen molar-refractivity contribution in [3.05, 3.63) is 0 Å². The summed E-state index contributed by atoms with van der Waals surface area (Å²) in [5, 5.41) is 12.4. The van der Waals surface area contributed by atoms with Crippen LogP contribution in [0.25, 0.3) is 0 Å². The number of hydrogen-bond acceptors (Lipinski definition) is 2. The van der Waals surface area contributed by atoms with E-state index < -0.39 is 0 Å². The molecule has 0 aliphatic heterocycles. The third-order valence-electron chi connectivity index (χ3n) is 3.51. The Balaban J connectivity index is 1.82. The maximum absolute atomic E-state index is 8.90. The second-order valence-electron chi connectivity index (χ2n) is 4.53. The number of aliphatic hydroxyl groups is 1. The van der Waals surface area contributed by atoms with E-state index in [0.717, 1.165) is 11.8 Å². The Morgan fingerprint density at radius 1 is 1.42 bits per heavy atom. The van der Waals surface area contributed by atoms with Crippen molar-refractivity contribution in [1.82, 2.24) is 5.32 Å². The van der Waals surface area contributed by atoms with Crippen LogP contribution in [0.4, 0.5) is 0 Å². The van der Waals surface area contributed by atoms with Crippen molar-refractivity contribution in [3.63, 3.8) is 0 Å². The van der Waals surface area contributed by atoms with Gasteiger partial charge in [0.05, 0.1) is 6.61 Å². The molecule has 2 aliphatic rings. The average Bonchev–Trinajstić information content (AvgIpc) is 2.64. The summed E-state index contributed by atoms with van der Waals surface area (Å²) in [6.45, 7) is 2.33. The molecule has 4 atom stereocenters. The Morgan fingerprint density at radius 2 is 2.25 bits per heavy atom. The molecular weight excluding hydrogens is 150 g/mol. The topological polar surface area (TPSA) is 32.3 Å². The van der Waals surface area contributed by atoms with Gasteiger partial charge in [0.2, 0.25) is 0 Å². The van der Waals surface area contributed by atoms with Gasteiger partial charge in [0.15, 0.2) is 0 Å². The molecule has 0 heterocycles. The lowest BCUT2D eigenvalue weighted by Gasteiger charge is -2.25. The molecule has 0 amide bonds. The van der Waals surface area contributed by atoms with E-state index >= 15 is 0 Å². The molecule has 0 aromatic heterocycles. The SMILES string of the molecule is C[C@@H](CO)NC1CC2CCC1C2. The van der Waals surface area contributed by atoms with Crippen molar-refractivity contribution in [1.29, 1.82) is 0 Å². The van der Waals surface area contributed by atoms with Crippen LogP contribution in [0.3, 0.4) is 0 Å². The highest BCUT2D eigenvalue weighted by molar-refractivity contribution is 4.94. The van der Waals surface area contributed by atoms with Crippen LogP contribution in [-0.2, 0) is 0 Å². The predicted octanol–water partition coefficient (Wildman–Crippen LogP) is 1.15. The molecule has 2 bridgehead atoms. The molecule has 12 heavy (non-hydrogen) atoms. The van der Waals surface area contributed by atoms with Crippen LogP contribution in [0, 0.1) is 11.8 Å². The molecule has 0 aromatic carbocycles. The molecule has 70 valence electrons. The lowest BCUT2D eigenvalue weighted by molar-refractivity contribution is 0.223. The zero-order chi connectivity index (χ0) is 8.55. The first-order chi connectivity index (χ1) is 5.79. The molecule has 2 saturated carbocycles. The summed E-state index contributed by atoms with van der Waals surface area (Å²) in [4.78, 5) is 0. The zero-order valence-corrected chi connectivity index (χ0v) is 7.79. The fourth-order valence-corrected chi connectivity index (χ4v) is 2.87. The van der Waals surface area contributed by atoms with Gasteiger partial charge < -0.3 is 10.4 Å². The van der Waals surface area contributed by atoms with Gasteiger partial charge in [-0.05, 0) is 38.0 Å². The second kappa shape index (κ2) is 3.35. The van der Waals surface area contributed by atoms with Gasteiger partial charge in [-0.3, -0.25) is 0 Å². The normalized spacial score (nSPS) is 42.0. The van der Waals surface area contributed by atoms with Gasteiger partial charge in [-0.1, -0.05) is 6.42 Å². The Bertz CT molecular complexity index is 160. The average molecular weight is 169 g/mol. The lowest BCUT2D eigenvalue weighted by atomic mass is 9.95. The van der Waals surface area contributed by atoms with Crippen molar-refractivity contribution in [2.24, 2.45) is 11.8 Å². The van der Waals surface area contributed by atoms with Crippen LogP contribution in [0.15, 0.2) is 0 Å². The third-order valence-corrected chi connectivity index (χ3v) is 3.51. The van der Waals surface area contributed by atoms with Crippen LogP contribution in [0.1, 0.15) is 32.6 Å². The minimum Gasteiger partial charge on any atom is -0.395 e. The highest BCUT2D eigenvalue weighted by Crippen LogP contribution is 2.44. The van der Waals surface area contributed by atoms with Crippen LogP contribution < -0.4 is 5.32 Å². The largest absolute Gasteiger partial charge is 0.395 e. The van der Waals surface area contributed by atoms with Gasteiger partial charge in [0, 0.05) is 12.1 Å². The van der Waals surface area contributed by atoms with E-state index in [1.165, 1.54) is 25.7 Å². The van der Waals surface area contributed by atoms with Gasteiger partial charge in [0.1, 0.15) is 0 Å². The molecule has 2 nitrogen and oxygen atoms in total. The van der Waals surface area contributed by atoms with Crippen LogP contribution in [0.2, 0.25) is 0 Å². The molecule has 0 radical (unpaired) electrons. The number of hydrogen-bond donors (Lipinski definition) is 2. The van der Waals surface area contributed by atoms with Gasteiger partial charge in [-0.15, -0.1) is 0 Å². The molecule has 0 aromatic rings. The van der Waals surface area contributed by atoms with Crippen molar-refractivity contribution >= 4 is 0 Å². The van der Waals surface area contributed by atoms with E-state index in [1.54, 1.807) is 0 Å². The lowest BCUT2D eigenvalue weighted by Crippen LogP contribution is -2.41. The van der Waals surface area contributed by atoms with Crippen molar-refractivity contribution in [3.8, 4) is 0 Å². The second-order valence-corrected chi connectivity index (χ2v) is 4.53. The summed E-state index contributed by atoms with van der Waals surface area (Å²) >= 11 is 0. The number of nitrogens with one attached hydrogen (secondary N) is 1. The molecular formula is C10H19NO. The first-order valence-electron chi connectivity index (χ1n) is 5.16. The van der Waals surface area contributed by atoms with Crippen LogP contribution in [-0.4, -0.2) is 23.8 Å². The summed E-state index contributed by atoms with van der Waals surface area (Å²) in [7, 11) is 0. The Morgan fingerprint density at radius 3 is 2.75 bits per heavy atom. The number of fused-ring (bicyclic) bond motifs is 2. The van der Waals surface area contributed by atoms with E-state index in [-0.39, 0.29) is 12.6 Å². The maximum Gasteiger partial charge on any atom is 0.0582 e. The molecule has 2 aliphatic carbocycles. The van der Waals surface area contributed by atoms with Gasteiger partial charge in [-0.2, -0.15) is 0 Å². The van der Waals surface area contributed by atoms with Crippen LogP contribution >= 0.6 is 0 Å². The molecule has 3 unspecified atom stereocenters. The molecule has 2 rings (SSSR count). The zero-order valence-electron chi connectivity index (χ0n) is 7.79. The first kappa shape index (κ1) is 8.52. The molecule has 2 N–H and O–H groups in total. The number of aliphatic hydroxyl groups excluding tert-OH is 1. The van der Waals surface area contributed by atoms with Crippen molar-refractivity contribution in [2.45, 2.75) is 44.7 Å². The summed E-state index contributed by atoms with van der Waals surface area (Å²) in [5.74, 6) is 1.92. The van der Waals surface area contributed by atoms with E-state index in [2.05, 4.69) is 12.2 Å². The highest BCUT2D eigenvalue weighted by Gasteiger charge is 2.39. The quantitative estimate of drug-likeness (QED) is 0.664. The highest BCUT2D eigenvalue weighted by atomic mass is 16.3. The fraction of sp³-hybridized carbons (Fsp3) is 1.00. The smallest absolute Gasteiger partial charge is 0.0582 e. The Labute approximate surface area is 74.4 Å². The first-order valence-corrected chi connectivity index (χ1v) is 5.16. The summed E-state index contributed by atoms with van der Waals surface area (Å²) in [6.07, 6.45) is 5.67. The Kier molecular flexibility index (Phi) is 2.37. The van der Waals surface area contributed by atoms with Crippen LogP contribution in [0.5, 0.6) is 0 Å². The van der Waals surface area contributed by atoms with E-state index in [9.17, 15) is 0 Å². The maximum atomic E-state index is 8.90. The predicted molar refractivity (Wildman–Crippen MR) is 48.9 cm³/mol. The Hall–Kier alpha value is -0.0800. The third kappa shape index (κ3) is 1.50. The van der Waals surface area contributed by atoms with E-state index in [0.29, 0.717) is 6.04 Å². The van der Waals surface area contributed by atoms with E-state index in [1.807, 2.05) is 0 Å². The summed E-state index contributed by atoms with van der Waals surface area (Å²) < 4.78 is 0.